The lowest BCUT2D eigenvalue weighted by molar-refractivity contribution is -0.128. The lowest BCUT2D eigenvalue weighted by Crippen LogP contribution is -2.47. The van der Waals surface area contributed by atoms with E-state index >= 15 is 0 Å². The number of aromatic nitrogens is 3. The van der Waals surface area contributed by atoms with Crippen LogP contribution in [0.15, 0.2) is 42.2 Å². The number of fused-ring (bicyclic) bond motifs is 1. The molecular weight excluding hydrogens is 623 g/mol. The molecule has 2 aromatic heterocycles. The number of piperazine rings is 1. The predicted octanol–water partition coefficient (Wildman–Crippen LogP) is 4.57. The van der Waals surface area contributed by atoms with Crippen LogP contribution >= 0.6 is 0 Å². The summed E-state index contributed by atoms with van der Waals surface area (Å²) in [5.41, 5.74) is 0.953. The molecule has 3 aromatic rings. The van der Waals surface area contributed by atoms with E-state index in [1.807, 2.05) is 13.1 Å². The van der Waals surface area contributed by atoms with Gasteiger partial charge in [-0.3, -0.25) is 9.59 Å². The van der Waals surface area contributed by atoms with Crippen LogP contribution in [-0.2, 0) is 19.6 Å². The summed E-state index contributed by atoms with van der Waals surface area (Å²) in [4.78, 5) is 39.1. The van der Waals surface area contributed by atoms with Crippen LogP contribution in [0.1, 0.15) is 36.7 Å². The Morgan fingerprint density at radius 3 is 2.35 bits per heavy atom. The van der Waals surface area contributed by atoms with Gasteiger partial charge in [0.1, 0.15) is 23.0 Å². The number of nitriles is 1. The Balaban J connectivity index is 1.57. The smallest absolute Gasteiger partial charge is 0.264 e. The maximum absolute atomic E-state index is 13.4. The molecule has 1 saturated heterocycles. The minimum Gasteiger partial charge on any atom is -0.364 e. The van der Waals surface area contributed by atoms with Crippen LogP contribution in [0.5, 0.6) is 0 Å². The molecule has 1 N–H and O–H groups in total. The molecule has 246 valence electrons. The van der Waals surface area contributed by atoms with Gasteiger partial charge in [0.05, 0.1) is 11.8 Å². The zero-order valence-corrected chi connectivity index (χ0v) is 29.4. The molecule has 12 nitrogen and oxygen atoms in total. The molecule has 0 atom stereocenters. The standard InChI is InChI=1S/C32H43N7O5SSi/c1-32(2,3)29(40)26-21-39(45(42,43)22-44-16-17-46(5,6)7)30-28(26)36-27(20-34-30)35-25-10-8-23(9-11-25)18-24(19-33)31(41)38-14-12-37(4)13-15-38/h8-11,18,20-21H,12-17,22H2,1-7H3,(H,35,36). The highest BCUT2D eigenvalue weighted by molar-refractivity contribution is 7.89. The van der Waals surface area contributed by atoms with Gasteiger partial charge in [-0.05, 0) is 36.9 Å². The van der Waals surface area contributed by atoms with E-state index < -0.39 is 29.5 Å². The van der Waals surface area contributed by atoms with Crippen LogP contribution in [-0.4, -0.2) is 97.7 Å². The first-order chi connectivity index (χ1) is 21.5. The fourth-order valence-electron chi connectivity index (χ4n) is 4.71. The number of ether oxygens (including phenoxy) is 1. The van der Waals surface area contributed by atoms with Gasteiger partial charge in [0.2, 0.25) is 0 Å². The third-order valence-electron chi connectivity index (χ3n) is 7.55. The van der Waals surface area contributed by atoms with Crippen molar-refractivity contribution in [2.75, 3.05) is 51.1 Å². The second-order valence-electron chi connectivity index (χ2n) is 13.8. The van der Waals surface area contributed by atoms with Gasteiger partial charge in [-0.15, -0.1) is 0 Å². The summed E-state index contributed by atoms with van der Waals surface area (Å²) < 4.78 is 33.2. The second-order valence-corrected chi connectivity index (χ2v) is 21.2. The Hall–Kier alpha value is -3.90. The summed E-state index contributed by atoms with van der Waals surface area (Å²) in [6.07, 6.45) is 4.26. The largest absolute Gasteiger partial charge is 0.364 e. The zero-order chi connectivity index (χ0) is 33.9. The molecular formula is C32H43N7O5SSi. The fraction of sp³-hybridized carbons (Fsp3) is 0.469. The number of nitrogens with one attached hydrogen (secondary N) is 1. The molecule has 0 saturated carbocycles. The van der Waals surface area contributed by atoms with Crippen molar-refractivity contribution in [2.24, 2.45) is 5.41 Å². The molecule has 1 aliphatic heterocycles. The molecule has 1 aliphatic rings. The monoisotopic (exact) mass is 665 g/mol. The molecule has 46 heavy (non-hydrogen) atoms. The van der Waals surface area contributed by atoms with Gasteiger partial charge in [0.25, 0.3) is 15.9 Å². The molecule has 3 heterocycles. The quantitative estimate of drug-likeness (QED) is 0.101. The van der Waals surface area contributed by atoms with Crippen molar-refractivity contribution in [2.45, 2.75) is 46.5 Å². The molecule has 0 radical (unpaired) electrons. The Kier molecular flexibility index (Phi) is 10.5. The van der Waals surface area contributed by atoms with E-state index in [0.717, 1.165) is 23.1 Å². The number of ketones is 1. The first kappa shape index (κ1) is 35.0. The first-order valence-electron chi connectivity index (χ1n) is 15.2. The lowest BCUT2D eigenvalue weighted by Gasteiger charge is -2.32. The molecule has 0 unspecified atom stereocenters. The van der Waals surface area contributed by atoms with Crippen molar-refractivity contribution in [1.82, 2.24) is 23.7 Å². The van der Waals surface area contributed by atoms with Crippen LogP contribution in [0.4, 0.5) is 11.5 Å². The van der Waals surface area contributed by atoms with Gasteiger partial charge in [-0.25, -0.2) is 22.4 Å². The fourth-order valence-corrected chi connectivity index (χ4v) is 6.57. The molecule has 0 bridgehead atoms. The van der Waals surface area contributed by atoms with Crippen molar-refractivity contribution in [1.29, 1.82) is 5.26 Å². The predicted molar refractivity (Wildman–Crippen MR) is 182 cm³/mol. The third-order valence-corrected chi connectivity index (χ3v) is 10.6. The van der Waals surface area contributed by atoms with Gasteiger partial charge in [-0.2, -0.15) is 5.26 Å². The number of carbonyl (C=O) groups is 2. The van der Waals surface area contributed by atoms with E-state index in [4.69, 9.17) is 4.74 Å². The summed E-state index contributed by atoms with van der Waals surface area (Å²) in [6.45, 7) is 14.8. The summed E-state index contributed by atoms with van der Waals surface area (Å²) in [6, 6.07) is 9.92. The highest BCUT2D eigenvalue weighted by Gasteiger charge is 2.31. The Labute approximate surface area is 272 Å². The Bertz CT molecular complexity index is 1770. The highest BCUT2D eigenvalue weighted by atomic mass is 32.2. The number of amides is 1. The van der Waals surface area contributed by atoms with Crippen molar-refractivity contribution in [3.05, 3.63) is 53.4 Å². The number of rotatable bonds is 11. The lowest BCUT2D eigenvalue weighted by atomic mass is 9.87. The van der Waals surface area contributed by atoms with Gasteiger partial charge < -0.3 is 19.9 Å². The number of benzene rings is 1. The average molecular weight is 666 g/mol. The Morgan fingerprint density at radius 1 is 1.11 bits per heavy atom. The van der Waals surface area contributed by atoms with Crippen LogP contribution in [0.2, 0.25) is 25.7 Å². The van der Waals surface area contributed by atoms with Crippen molar-refractivity contribution in [3.8, 4) is 6.07 Å². The zero-order valence-electron chi connectivity index (χ0n) is 27.6. The van der Waals surface area contributed by atoms with E-state index in [-0.39, 0.29) is 34.0 Å². The van der Waals surface area contributed by atoms with Gasteiger partial charge >= 0.3 is 0 Å². The van der Waals surface area contributed by atoms with Crippen molar-refractivity contribution in [3.63, 3.8) is 0 Å². The van der Waals surface area contributed by atoms with Gasteiger partial charge in [0, 0.05) is 58.2 Å². The molecule has 14 heteroatoms. The molecule has 0 spiro atoms. The first-order valence-corrected chi connectivity index (χ1v) is 20.5. The topological polar surface area (TPSA) is 151 Å². The van der Waals surface area contributed by atoms with Crippen molar-refractivity contribution < 1.29 is 22.7 Å². The number of Topliss-reactive ketones (excluding diaryl/α,β-unsaturated/α-hetero) is 1. The van der Waals surface area contributed by atoms with Crippen LogP contribution in [0, 0.1) is 16.7 Å². The van der Waals surface area contributed by atoms with E-state index in [2.05, 4.69) is 39.8 Å². The van der Waals surface area contributed by atoms with E-state index in [1.165, 1.54) is 12.4 Å². The van der Waals surface area contributed by atoms with Crippen LogP contribution in [0.25, 0.3) is 17.2 Å². The number of likely N-dealkylation sites (N-methyl/N-ethyl adjacent to an activating group) is 1. The number of hydrogen-bond acceptors (Lipinski definition) is 10. The summed E-state index contributed by atoms with van der Waals surface area (Å²) in [5, 5.41) is 12.8. The van der Waals surface area contributed by atoms with Gasteiger partial charge in [-0.1, -0.05) is 52.5 Å². The van der Waals surface area contributed by atoms with Crippen LogP contribution in [0.3, 0.4) is 0 Å². The van der Waals surface area contributed by atoms with Crippen LogP contribution < -0.4 is 5.32 Å². The number of hydrogen-bond donors (Lipinski definition) is 1. The summed E-state index contributed by atoms with van der Waals surface area (Å²) in [7, 11) is -3.40. The van der Waals surface area contributed by atoms with Gasteiger partial charge in [0.15, 0.2) is 17.4 Å². The molecule has 1 aromatic carbocycles. The SMILES string of the molecule is CN1CCN(C(=O)C(C#N)=Cc2ccc(Nc3cnc4c(n3)c(C(=O)C(C)(C)C)cn4S(=O)(=O)COCC[Si](C)(C)C)cc2)CC1. The maximum Gasteiger partial charge on any atom is 0.264 e. The Morgan fingerprint density at radius 2 is 1.76 bits per heavy atom. The van der Waals surface area contributed by atoms with E-state index in [1.54, 1.807) is 56.0 Å². The minimum atomic E-state index is -3.99. The normalized spacial score (nSPS) is 15.2. The molecule has 1 fully saturated rings. The summed E-state index contributed by atoms with van der Waals surface area (Å²) in [5.74, 6) is -0.785. The van der Waals surface area contributed by atoms with Crippen molar-refractivity contribution >= 4 is 58.5 Å². The molecule has 1 amide bonds. The number of anilines is 2. The minimum absolute atomic E-state index is 0.0430. The van der Waals surface area contributed by atoms with E-state index in [0.29, 0.717) is 36.8 Å². The van der Waals surface area contributed by atoms with E-state index in [9.17, 15) is 23.3 Å². The molecule has 4 rings (SSSR count). The molecule has 0 aliphatic carbocycles. The maximum atomic E-state index is 13.4. The highest BCUT2D eigenvalue weighted by Crippen LogP contribution is 2.29. The number of nitrogens with zero attached hydrogens (tertiary/aromatic N) is 6. The number of carbonyl (C=O) groups excluding carboxylic acids is 2. The summed E-state index contributed by atoms with van der Waals surface area (Å²) >= 11 is 0. The average Bonchev–Trinajstić information content (AvgIpc) is 3.37. The second kappa shape index (κ2) is 13.8. The third kappa shape index (κ3) is 8.67.